The standard InChI is InChI=1S/C21H28N4O3S/c1-17-3-4-20(15-18(17)2)29(27,28)23-10-7-21(26)25-13-11-24(12-14-25)16-19-5-8-22-9-6-19/h3-6,8-9,15,23H,7,10-14,16H2,1-2H3/p+1. The van der Waals surface area contributed by atoms with Crippen LogP contribution in [-0.2, 0) is 21.4 Å². The van der Waals surface area contributed by atoms with Crippen molar-refractivity contribution < 1.29 is 18.1 Å². The Kier molecular flexibility index (Phi) is 7.00. The maximum absolute atomic E-state index is 12.5. The van der Waals surface area contributed by atoms with Crippen molar-refractivity contribution in [3.63, 3.8) is 0 Å². The van der Waals surface area contributed by atoms with Gasteiger partial charge in [0.1, 0.15) is 6.54 Å². The maximum atomic E-state index is 12.5. The smallest absolute Gasteiger partial charge is 0.240 e. The van der Waals surface area contributed by atoms with Crippen LogP contribution in [-0.4, -0.2) is 56.9 Å². The highest BCUT2D eigenvalue weighted by molar-refractivity contribution is 7.89. The van der Waals surface area contributed by atoms with Gasteiger partial charge in [-0.2, -0.15) is 0 Å². The van der Waals surface area contributed by atoms with E-state index in [1.807, 2.05) is 30.9 Å². The fraction of sp³-hybridized carbons (Fsp3) is 0.429. The minimum absolute atomic E-state index is 0.00394. The van der Waals surface area contributed by atoms with E-state index in [1.54, 1.807) is 30.6 Å². The van der Waals surface area contributed by atoms with Crippen LogP contribution in [0.2, 0.25) is 0 Å². The minimum atomic E-state index is -3.60. The Bertz CT molecular complexity index is 940. The lowest BCUT2D eigenvalue weighted by atomic mass is 10.1. The number of hydrogen-bond donors (Lipinski definition) is 2. The molecule has 29 heavy (non-hydrogen) atoms. The minimum Gasteiger partial charge on any atom is -0.331 e. The van der Waals surface area contributed by atoms with Crippen LogP contribution in [0.3, 0.4) is 0 Å². The zero-order valence-electron chi connectivity index (χ0n) is 17.0. The number of nitrogens with one attached hydrogen (secondary N) is 2. The third-order valence-corrected chi connectivity index (χ3v) is 6.91. The summed E-state index contributed by atoms with van der Waals surface area (Å²) in [7, 11) is -3.60. The second kappa shape index (κ2) is 9.47. The Morgan fingerprint density at radius 1 is 1.10 bits per heavy atom. The van der Waals surface area contributed by atoms with Crippen molar-refractivity contribution in [2.45, 2.75) is 31.7 Å². The van der Waals surface area contributed by atoms with Gasteiger partial charge in [0.05, 0.1) is 31.1 Å². The van der Waals surface area contributed by atoms with Crippen LogP contribution >= 0.6 is 0 Å². The van der Waals surface area contributed by atoms with Crippen LogP contribution < -0.4 is 9.62 Å². The van der Waals surface area contributed by atoms with Gasteiger partial charge in [-0.3, -0.25) is 9.78 Å². The van der Waals surface area contributed by atoms with Crippen LogP contribution in [0.25, 0.3) is 0 Å². The third kappa shape index (κ3) is 5.85. The molecule has 0 aliphatic carbocycles. The highest BCUT2D eigenvalue weighted by atomic mass is 32.2. The second-order valence-electron chi connectivity index (χ2n) is 7.56. The number of aryl methyl sites for hydroxylation is 2. The van der Waals surface area contributed by atoms with E-state index in [0.717, 1.165) is 30.8 Å². The van der Waals surface area contributed by atoms with Gasteiger partial charge in [-0.25, -0.2) is 13.1 Å². The van der Waals surface area contributed by atoms with Gasteiger partial charge in [0.2, 0.25) is 15.9 Å². The molecule has 2 heterocycles. The van der Waals surface area contributed by atoms with Crippen molar-refractivity contribution in [2.24, 2.45) is 0 Å². The summed E-state index contributed by atoms with van der Waals surface area (Å²) < 4.78 is 27.4. The summed E-state index contributed by atoms with van der Waals surface area (Å²) in [5, 5.41) is 0. The second-order valence-corrected chi connectivity index (χ2v) is 9.32. The number of aromatic nitrogens is 1. The molecule has 156 valence electrons. The summed E-state index contributed by atoms with van der Waals surface area (Å²) in [5.74, 6) is -0.00394. The Hall–Kier alpha value is -2.29. The quantitative estimate of drug-likeness (QED) is 0.679. The number of benzene rings is 1. The predicted molar refractivity (Wildman–Crippen MR) is 111 cm³/mol. The van der Waals surface area contributed by atoms with Crippen molar-refractivity contribution in [1.29, 1.82) is 0 Å². The molecule has 8 heteroatoms. The molecular formula is C21H29N4O3S+. The number of carbonyl (C=O) groups excluding carboxylic acids is 1. The first-order valence-corrected chi connectivity index (χ1v) is 11.4. The largest absolute Gasteiger partial charge is 0.331 e. The maximum Gasteiger partial charge on any atom is 0.240 e. The molecule has 1 fully saturated rings. The van der Waals surface area contributed by atoms with Crippen molar-refractivity contribution >= 4 is 15.9 Å². The fourth-order valence-corrected chi connectivity index (χ4v) is 4.57. The van der Waals surface area contributed by atoms with E-state index < -0.39 is 10.0 Å². The van der Waals surface area contributed by atoms with Gasteiger partial charge in [0.15, 0.2) is 0 Å². The first-order chi connectivity index (χ1) is 13.8. The molecule has 1 aliphatic heterocycles. The zero-order chi connectivity index (χ0) is 20.9. The number of carbonyl (C=O) groups is 1. The molecule has 7 nitrogen and oxygen atoms in total. The van der Waals surface area contributed by atoms with E-state index in [9.17, 15) is 13.2 Å². The Labute approximate surface area is 172 Å². The highest BCUT2D eigenvalue weighted by Crippen LogP contribution is 2.14. The van der Waals surface area contributed by atoms with Crippen molar-refractivity contribution in [2.75, 3.05) is 32.7 Å². The molecule has 0 unspecified atom stereocenters. The Morgan fingerprint density at radius 3 is 2.45 bits per heavy atom. The molecule has 3 rings (SSSR count). The number of piperazine rings is 1. The molecule has 2 N–H and O–H groups in total. The van der Waals surface area contributed by atoms with Crippen molar-refractivity contribution in [3.8, 4) is 0 Å². The van der Waals surface area contributed by atoms with Gasteiger partial charge in [0, 0.05) is 30.9 Å². The molecule has 1 saturated heterocycles. The third-order valence-electron chi connectivity index (χ3n) is 5.45. The van der Waals surface area contributed by atoms with Crippen LogP contribution in [0.15, 0.2) is 47.6 Å². The highest BCUT2D eigenvalue weighted by Gasteiger charge is 2.24. The molecule has 1 aromatic heterocycles. The van der Waals surface area contributed by atoms with Gasteiger partial charge in [-0.15, -0.1) is 0 Å². The monoisotopic (exact) mass is 417 g/mol. The number of amides is 1. The molecule has 0 saturated carbocycles. The van der Waals surface area contributed by atoms with E-state index in [0.29, 0.717) is 13.1 Å². The molecule has 0 spiro atoms. The Morgan fingerprint density at radius 2 is 1.79 bits per heavy atom. The van der Waals surface area contributed by atoms with Crippen LogP contribution in [0, 0.1) is 13.8 Å². The fourth-order valence-electron chi connectivity index (χ4n) is 3.45. The summed E-state index contributed by atoms with van der Waals surface area (Å²) in [6.45, 7) is 8.04. The zero-order valence-corrected chi connectivity index (χ0v) is 17.8. The lowest BCUT2D eigenvalue weighted by Crippen LogP contribution is -3.13. The van der Waals surface area contributed by atoms with E-state index in [1.165, 1.54) is 10.5 Å². The summed E-state index contributed by atoms with van der Waals surface area (Å²) in [6, 6.07) is 9.09. The van der Waals surface area contributed by atoms with Crippen LogP contribution in [0.1, 0.15) is 23.1 Å². The number of nitrogens with zero attached hydrogens (tertiary/aromatic N) is 2. The lowest BCUT2D eigenvalue weighted by molar-refractivity contribution is -0.917. The molecule has 1 amide bonds. The van der Waals surface area contributed by atoms with Crippen molar-refractivity contribution in [3.05, 3.63) is 59.4 Å². The van der Waals surface area contributed by atoms with E-state index in [-0.39, 0.29) is 23.8 Å². The molecular weight excluding hydrogens is 388 g/mol. The summed E-state index contributed by atoms with van der Waals surface area (Å²) in [6.07, 6.45) is 3.77. The normalized spacial score (nSPS) is 15.4. The van der Waals surface area contributed by atoms with E-state index >= 15 is 0 Å². The number of sulfonamides is 1. The molecule has 1 aromatic carbocycles. The molecule has 0 atom stereocenters. The number of pyridine rings is 1. The average molecular weight is 418 g/mol. The van der Waals surface area contributed by atoms with Gasteiger partial charge >= 0.3 is 0 Å². The number of quaternary nitrogens is 1. The van der Waals surface area contributed by atoms with Gasteiger partial charge in [0.25, 0.3) is 0 Å². The number of hydrogen-bond acceptors (Lipinski definition) is 4. The average Bonchev–Trinajstić information content (AvgIpc) is 2.71. The topological polar surface area (TPSA) is 83.8 Å². The lowest BCUT2D eigenvalue weighted by Gasteiger charge is -2.32. The van der Waals surface area contributed by atoms with Gasteiger partial charge in [-0.1, -0.05) is 6.07 Å². The van der Waals surface area contributed by atoms with E-state index in [4.69, 9.17) is 0 Å². The SMILES string of the molecule is Cc1ccc(S(=O)(=O)NCCC(=O)N2CC[NH+](Cc3ccncc3)CC2)cc1C. The summed E-state index contributed by atoms with van der Waals surface area (Å²) in [4.78, 5) is 20.0. The molecule has 2 aromatic rings. The van der Waals surface area contributed by atoms with Crippen LogP contribution in [0.5, 0.6) is 0 Å². The molecule has 0 bridgehead atoms. The summed E-state index contributed by atoms with van der Waals surface area (Å²) >= 11 is 0. The van der Waals surface area contributed by atoms with Crippen LogP contribution in [0.4, 0.5) is 0 Å². The van der Waals surface area contributed by atoms with Crippen molar-refractivity contribution in [1.82, 2.24) is 14.6 Å². The molecule has 0 radical (unpaired) electrons. The first kappa shape index (κ1) is 21.4. The predicted octanol–water partition coefficient (Wildman–Crippen LogP) is 0.294. The Balaban J connectivity index is 1.43. The van der Waals surface area contributed by atoms with Gasteiger partial charge in [-0.05, 0) is 49.2 Å². The number of rotatable bonds is 7. The summed E-state index contributed by atoms with van der Waals surface area (Å²) in [5.41, 5.74) is 3.22. The first-order valence-electron chi connectivity index (χ1n) is 9.92. The molecule has 1 aliphatic rings. The van der Waals surface area contributed by atoms with Gasteiger partial charge < -0.3 is 9.80 Å². The van der Waals surface area contributed by atoms with E-state index in [2.05, 4.69) is 9.71 Å².